The van der Waals surface area contributed by atoms with Crippen molar-refractivity contribution < 1.29 is 13.2 Å². The SMILES string of the molecule is CC(C)S(=O)(=O)NC(=O)[C@@H](N)CCc1ccccc1. The molecule has 0 heterocycles. The van der Waals surface area contributed by atoms with Gasteiger partial charge in [0, 0.05) is 0 Å². The van der Waals surface area contributed by atoms with Gasteiger partial charge >= 0.3 is 0 Å². The van der Waals surface area contributed by atoms with Gasteiger partial charge in [-0.25, -0.2) is 8.42 Å². The molecule has 1 aromatic rings. The molecule has 6 heteroatoms. The molecule has 19 heavy (non-hydrogen) atoms. The van der Waals surface area contributed by atoms with E-state index in [1.807, 2.05) is 35.1 Å². The zero-order valence-electron chi connectivity index (χ0n) is 11.2. The molecule has 0 fully saturated rings. The quantitative estimate of drug-likeness (QED) is 0.808. The Morgan fingerprint density at radius 3 is 2.37 bits per heavy atom. The fraction of sp³-hybridized carbons (Fsp3) is 0.462. The predicted octanol–water partition coefficient (Wildman–Crippen LogP) is 0.801. The molecule has 3 N–H and O–H groups in total. The Kier molecular flexibility index (Phi) is 5.50. The minimum absolute atomic E-state index is 0.406. The maximum atomic E-state index is 11.7. The van der Waals surface area contributed by atoms with Crippen LogP contribution in [-0.4, -0.2) is 25.6 Å². The van der Waals surface area contributed by atoms with Gasteiger partial charge in [0.1, 0.15) is 0 Å². The summed E-state index contributed by atoms with van der Waals surface area (Å²) in [6, 6.07) is 8.78. The summed E-state index contributed by atoms with van der Waals surface area (Å²) in [6.07, 6.45) is 1.04. The second-order valence-corrected chi connectivity index (χ2v) is 6.93. The van der Waals surface area contributed by atoms with Crippen LogP contribution in [0.1, 0.15) is 25.8 Å². The van der Waals surface area contributed by atoms with Crippen molar-refractivity contribution in [1.29, 1.82) is 0 Å². The van der Waals surface area contributed by atoms with Gasteiger partial charge in [-0.2, -0.15) is 0 Å². The molecule has 0 saturated carbocycles. The third-order valence-corrected chi connectivity index (χ3v) is 4.51. The summed E-state index contributed by atoms with van der Waals surface area (Å²) in [7, 11) is -3.60. The average molecular weight is 284 g/mol. The zero-order chi connectivity index (χ0) is 14.5. The molecule has 0 spiro atoms. The third-order valence-electron chi connectivity index (χ3n) is 2.79. The van der Waals surface area contributed by atoms with Gasteiger partial charge in [-0.15, -0.1) is 0 Å². The maximum Gasteiger partial charge on any atom is 0.250 e. The molecular weight excluding hydrogens is 264 g/mol. The van der Waals surface area contributed by atoms with Crippen molar-refractivity contribution in [2.75, 3.05) is 0 Å². The lowest BCUT2D eigenvalue weighted by atomic mass is 10.1. The summed E-state index contributed by atoms with van der Waals surface area (Å²) in [5.41, 5.74) is 6.76. The minimum atomic E-state index is -3.60. The number of sulfonamides is 1. The largest absolute Gasteiger partial charge is 0.320 e. The Bertz CT molecular complexity index is 512. The van der Waals surface area contributed by atoms with Crippen LogP contribution in [0, 0.1) is 0 Å². The van der Waals surface area contributed by atoms with Gasteiger partial charge in [0.15, 0.2) is 0 Å². The molecule has 0 unspecified atom stereocenters. The Morgan fingerprint density at radius 2 is 1.84 bits per heavy atom. The van der Waals surface area contributed by atoms with E-state index >= 15 is 0 Å². The number of aryl methyl sites for hydroxylation is 1. The summed E-state index contributed by atoms with van der Waals surface area (Å²) in [5.74, 6) is -0.648. The normalized spacial score (nSPS) is 13.3. The van der Waals surface area contributed by atoms with Gasteiger partial charge < -0.3 is 5.73 Å². The molecule has 0 aromatic heterocycles. The first-order valence-corrected chi connectivity index (χ1v) is 7.72. The molecule has 0 bridgehead atoms. The molecule has 1 rings (SSSR count). The lowest BCUT2D eigenvalue weighted by molar-refractivity contribution is -0.120. The summed E-state index contributed by atoms with van der Waals surface area (Å²) < 4.78 is 25.1. The van der Waals surface area contributed by atoms with Crippen LogP contribution in [0.2, 0.25) is 0 Å². The van der Waals surface area contributed by atoms with Crippen LogP contribution in [0.3, 0.4) is 0 Å². The Hall–Kier alpha value is -1.40. The number of nitrogens with one attached hydrogen (secondary N) is 1. The van der Waals surface area contributed by atoms with Gasteiger partial charge in [-0.05, 0) is 32.3 Å². The highest BCUT2D eigenvalue weighted by atomic mass is 32.2. The van der Waals surface area contributed by atoms with Crippen molar-refractivity contribution in [3.8, 4) is 0 Å². The average Bonchev–Trinajstić information content (AvgIpc) is 2.36. The monoisotopic (exact) mass is 284 g/mol. The number of hydrogen-bond donors (Lipinski definition) is 2. The number of nitrogens with two attached hydrogens (primary N) is 1. The Balaban J connectivity index is 2.50. The Morgan fingerprint density at radius 1 is 1.26 bits per heavy atom. The molecule has 1 amide bonds. The van der Waals surface area contributed by atoms with E-state index in [1.54, 1.807) is 0 Å². The van der Waals surface area contributed by atoms with Crippen LogP contribution >= 0.6 is 0 Å². The smallest absolute Gasteiger partial charge is 0.250 e. The van der Waals surface area contributed by atoms with E-state index < -0.39 is 27.2 Å². The highest BCUT2D eigenvalue weighted by Gasteiger charge is 2.22. The zero-order valence-corrected chi connectivity index (χ0v) is 12.0. The summed E-state index contributed by atoms with van der Waals surface area (Å²) >= 11 is 0. The highest BCUT2D eigenvalue weighted by molar-refractivity contribution is 7.90. The molecule has 0 aliphatic rings. The molecule has 0 aliphatic carbocycles. The Labute approximate surface area is 114 Å². The lowest BCUT2D eigenvalue weighted by Crippen LogP contribution is -2.45. The molecule has 1 aromatic carbocycles. The van der Waals surface area contributed by atoms with E-state index in [0.29, 0.717) is 12.8 Å². The van der Waals surface area contributed by atoms with Crippen molar-refractivity contribution in [3.63, 3.8) is 0 Å². The fourth-order valence-electron chi connectivity index (χ4n) is 1.43. The van der Waals surface area contributed by atoms with E-state index in [1.165, 1.54) is 13.8 Å². The van der Waals surface area contributed by atoms with E-state index in [4.69, 9.17) is 5.73 Å². The van der Waals surface area contributed by atoms with Crippen LogP contribution in [0.4, 0.5) is 0 Å². The summed E-state index contributed by atoms with van der Waals surface area (Å²) in [4.78, 5) is 11.7. The van der Waals surface area contributed by atoms with Gasteiger partial charge in [0.2, 0.25) is 15.9 Å². The molecule has 106 valence electrons. The molecular formula is C13H20N2O3S. The molecule has 0 aliphatic heterocycles. The first-order valence-electron chi connectivity index (χ1n) is 6.18. The van der Waals surface area contributed by atoms with Gasteiger partial charge in [-0.3, -0.25) is 9.52 Å². The number of benzene rings is 1. The predicted molar refractivity (Wildman–Crippen MR) is 74.9 cm³/mol. The van der Waals surface area contributed by atoms with E-state index in [-0.39, 0.29) is 0 Å². The van der Waals surface area contributed by atoms with Crippen LogP contribution in [0.15, 0.2) is 30.3 Å². The number of amides is 1. The lowest BCUT2D eigenvalue weighted by Gasteiger charge is -2.14. The van der Waals surface area contributed by atoms with Gasteiger partial charge in [0.05, 0.1) is 11.3 Å². The van der Waals surface area contributed by atoms with Crippen molar-refractivity contribution in [2.45, 2.75) is 38.0 Å². The second kappa shape index (κ2) is 6.68. The number of carbonyl (C=O) groups is 1. The van der Waals surface area contributed by atoms with Crippen molar-refractivity contribution >= 4 is 15.9 Å². The van der Waals surface area contributed by atoms with E-state index in [9.17, 15) is 13.2 Å². The summed E-state index contributed by atoms with van der Waals surface area (Å²) in [6.45, 7) is 3.01. The molecule has 5 nitrogen and oxygen atoms in total. The van der Waals surface area contributed by atoms with Crippen molar-refractivity contribution in [1.82, 2.24) is 4.72 Å². The maximum absolute atomic E-state index is 11.7. The number of carbonyl (C=O) groups excluding carboxylic acids is 1. The molecule has 0 radical (unpaired) electrons. The molecule has 0 saturated heterocycles. The standard InChI is InChI=1S/C13H20N2O3S/c1-10(2)19(17,18)15-13(16)12(14)9-8-11-6-4-3-5-7-11/h3-7,10,12H,8-9,14H2,1-2H3,(H,15,16)/t12-/m0/s1. The van der Waals surface area contributed by atoms with Crippen molar-refractivity contribution in [2.24, 2.45) is 5.73 Å². The second-order valence-electron chi connectivity index (χ2n) is 4.69. The van der Waals surface area contributed by atoms with Crippen LogP contribution in [-0.2, 0) is 21.2 Å². The van der Waals surface area contributed by atoms with Gasteiger partial charge in [0.25, 0.3) is 0 Å². The van der Waals surface area contributed by atoms with Crippen LogP contribution in [0.25, 0.3) is 0 Å². The highest BCUT2D eigenvalue weighted by Crippen LogP contribution is 2.05. The number of hydrogen-bond acceptors (Lipinski definition) is 4. The van der Waals surface area contributed by atoms with Crippen LogP contribution in [0.5, 0.6) is 0 Å². The first kappa shape index (κ1) is 15.7. The number of rotatable bonds is 6. The minimum Gasteiger partial charge on any atom is -0.320 e. The van der Waals surface area contributed by atoms with Gasteiger partial charge in [-0.1, -0.05) is 30.3 Å². The van der Waals surface area contributed by atoms with Crippen molar-refractivity contribution in [3.05, 3.63) is 35.9 Å². The molecule has 1 atom stereocenters. The summed E-state index contributed by atoms with van der Waals surface area (Å²) in [5, 5.41) is -0.655. The third kappa shape index (κ3) is 5.00. The topological polar surface area (TPSA) is 89.3 Å². The van der Waals surface area contributed by atoms with E-state index in [2.05, 4.69) is 0 Å². The fourth-order valence-corrected chi connectivity index (χ4v) is 2.10. The first-order chi connectivity index (χ1) is 8.83. The van der Waals surface area contributed by atoms with Crippen LogP contribution < -0.4 is 10.5 Å². The van der Waals surface area contributed by atoms with E-state index in [0.717, 1.165) is 5.56 Å².